The van der Waals surface area contributed by atoms with Crippen LogP contribution in [-0.4, -0.2) is 17.7 Å². The maximum Gasteiger partial charge on any atom is 0.303 e. The molecule has 0 amide bonds. The third kappa shape index (κ3) is 2.15. The maximum absolute atomic E-state index is 10.8. The van der Waals surface area contributed by atoms with E-state index in [9.17, 15) is 4.79 Å². The summed E-state index contributed by atoms with van der Waals surface area (Å²) >= 11 is 1.74. The summed E-state index contributed by atoms with van der Waals surface area (Å²) in [7, 11) is 0. The van der Waals surface area contributed by atoms with Gasteiger partial charge in [0.1, 0.15) is 5.60 Å². The SMILES string of the molecule is CC1(CCC(=O)O)OCCc2c1sc1ccccc21. The topological polar surface area (TPSA) is 46.5 Å². The highest BCUT2D eigenvalue weighted by Gasteiger charge is 2.36. The lowest BCUT2D eigenvalue weighted by atomic mass is 9.90. The Kier molecular flexibility index (Phi) is 3.07. The van der Waals surface area contributed by atoms with Crippen molar-refractivity contribution in [3.05, 3.63) is 34.7 Å². The minimum Gasteiger partial charge on any atom is -0.481 e. The number of fused-ring (bicyclic) bond motifs is 3. The Morgan fingerprint density at radius 2 is 2.26 bits per heavy atom. The van der Waals surface area contributed by atoms with Crippen LogP contribution in [0, 0.1) is 0 Å². The summed E-state index contributed by atoms with van der Waals surface area (Å²) in [6.07, 6.45) is 1.59. The van der Waals surface area contributed by atoms with E-state index in [1.165, 1.54) is 20.5 Å². The van der Waals surface area contributed by atoms with Crippen LogP contribution in [0.3, 0.4) is 0 Å². The molecule has 0 radical (unpaired) electrons. The highest BCUT2D eigenvalue weighted by Crippen LogP contribution is 2.45. The van der Waals surface area contributed by atoms with Crippen molar-refractivity contribution < 1.29 is 14.6 Å². The minimum absolute atomic E-state index is 0.143. The first-order chi connectivity index (χ1) is 9.10. The molecule has 1 aliphatic rings. The van der Waals surface area contributed by atoms with E-state index in [1.54, 1.807) is 11.3 Å². The fraction of sp³-hybridized carbons (Fsp3) is 0.400. The number of rotatable bonds is 3. The number of hydrogen-bond acceptors (Lipinski definition) is 3. The Balaban J connectivity index is 2.06. The Morgan fingerprint density at radius 1 is 1.47 bits per heavy atom. The van der Waals surface area contributed by atoms with Crippen LogP contribution in [0.25, 0.3) is 10.1 Å². The normalized spacial score (nSPS) is 22.4. The Hall–Kier alpha value is -1.39. The van der Waals surface area contributed by atoms with Gasteiger partial charge >= 0.3 is 5.97 Å². The molecule has 1 atom stereocenters. The van der Waals surface area contributed by atoms with Crippen molar-refractivity contribution in [1.82, 2.24) is 0 Å². The predicted octanol–water partition coefficient (Wildman–Crippen LogP) is 3.55. The standard InChI is InChI=1S/C15H16O3S/c1-15(8-6-13(16)17)14-11(7-9-18-15)10-4-2-3-5-12(10)19-14/h2-5H,6-9H2,1H3,(H,16,17). The number of thiophene rings is 1. The van der Waals surface area contributed by atoms with Gasteiger partial charge in [0, 0.05) is 16.0 Å². The molecule has 1 aromatic heterocycles. The molecule has 1 aromatic carbocycles. The molecule has 0 saturated carbocycles. The van der Waals surface area contributed by atoms with Gasteiger partial charge in [0.05, 0.1) is 6.61 Å². The average Bonchev–Trinajstić information content (AvgIpc) is 2.78. The van der Waals surface area contributed by atoms with Crippen LogP contribution in [0.5, 0.6) is 0 Å². The van der Waals surface area contributed by atoms with Crippen molar-refractivity contribution in [3.63, 3.8) is 0 Å². The van der Waals surface area contributed by atoms with Crippen LogP contribution in [-0.2, 0) is 21.6 Å². The summed E-state index contributed by atoms with van der Waals surface area (Å²) in [5, 5.41) is 10.2. The quantitative estimate of drug-likeness (QED) is 0.932. The molecule has 2 heterocycles. The van der Waals surface area contributed by atoms with Crippen molar-refractivity contribution in [3.8, 4) is 0 Å². The first-order valence-corrected chi connectivity index (χ1v) is 7.28. The fourth-order valence-corrected chi connectivity index (χ4v) is 4.13. The number of carboxylic acid groups (broad SMARTS) is 1. The van der Waals surface area contributed by atoms with Crippen LogP contribution >= 0.6 is 11.3 Å². The van der Waals surface area contributed by atoms with Crippen molar-refractivity contribution in [2.24, 2.45) is 0 Å². The third-order valence-electron chi connectivity index (χ3n) is 3.77. The van der Waals surface area contributed by atoms with E-state index in [0.717, 1.165) is 6.42 Å². The summed E-state index contributed by atoms with van der Waals surface area (Å²) in [6, 6.07) is 8.36. The van der Waals surface area contributed by atoms with E-state index >= 15 is 0 Å². The molecule has 1 unspecified atom stereocenters. The van der Waals surface area contributed by atoms with E-state index in [2.05, 4.69) is 18.2 Å². The van der Waals surface area contributed by atoms with Crippen LogP contribution in [0.15, 0.2) is 24.3 Å². The first kappa shape index (κ1) is 12.6. The van der Waals surface area contributed by atoms with Gasteiger partial charge in [0.15, 0.2) is 0 Å². The number of benzene rings is 1. The minimum atomic E-state index is -0.766. The highest BCUT2D eigenvalue weighted by molar-refractivity contribution is 7.19. The number of ether oxygens (including phenoxy) is 1. The second kappa shape index (κ2) is 4.62. The summed E-state index contributed by atoms with van der Waals surface area (Å²) in [4.78, 5) is 12.0. The lowest BCUT2D eigenvalue weighted by Crippen LogP contribution is -2.31. The Bertz CT molecular complexity index is 631. The second-order valence-electron chi connectivity index (χ2n) is 5.13. The molecular weight excluding hydrogens is 260 g/mol. The van der Waals surface area contributed by atoms with Crippen LogP contribution < -0.4 is 0 Å². The van der Waals surface area contributed by atoms with E-state index in [0.29, 0.717) is 13.0 Å². The number of hydrogen-bond donors (Lipinski definition) is 1. The van der Waals surface area contributed by atoms with Gasteiger partial charge in [-0.1, -0.05) is 18.2 Å². The lowest BCUT2D eigenvalue weighted by molar-refractivity contribution is -0.139. The highest BCUT2D eigenvalue weighted by atomic mass is 32.1. The molecule has 0 saturated heterocycles. The summed E-state index contributed by atoms with van der Waals surface area (Å²) in [5.41, 5.74) is 0.898. The summed E-state index contributed by atoms with van der Waals surface area (Å²) in [5.74, 6) is -0.766. The monoisotopic (exact) mass is 276 g/mol. The smallest absolute Gasteiger partial charge is 0.303 e. The molecule has 2 aromatic rings. The van der Waals surface area contributed by atoms with E-state index in [4.69, 9.17) is 9.84 Å². The van der Waals surface area contributed by atoms with E-state index in [1.807, 2.05) is 13.0 Å². The van der Waals surface area contributed by atoms with Gasteiger partial charge in [0.25, 0.3) is 0 Å². The molecule has 3 rings (SSSR count). The molecule has 1 N–H and O–H groups in total. The summed E-state index contributed by atoms with van der Waals surface area (Å²) < 4.78 is 7.18. The van der Waals surface area contributed by atoms with Gasteiger partial charge in [-0.3, -0.25) is 4.79 Å². The summed E-state index contributed by atoms with van der Waals surface area (Å²) in [6.45, 7) is 2.69. The molecule has 0 bridgehead atoms. The molecule has 0 aliphatic carbocycles. The maximum atomic E-state index is 10.8. The van der Waals surface area contributed by atoms with Crippen molar-refractivity contribution >= 4 is 27.4 Å². The lowest BCUT2D eigenvalue weighted by Gasteiger charge is -2.33. The molecule has 0 fully saturated rings. The first-order valence-electron chi connectivity index (χ1n) is 6.47. The van der Waals surface area contributed by atoms with Gasteiger partial charge in [-0.05, 0) is 36.8 Å². The van der Waals surface area contributed by atoms with Crippen LogP contribution in [0.2, 0.25) is 0 Å². The van der Waals surface area contributed by atoms with Crippen molar-refractivity contribution in [2.45, 2.75) is 31.8 Å². The van der Waals surface area contributed by atoms with Gasteiger partial charge in [-0.25, -0.2) is 0 Å². The number of aliphatic carboxylic acids is 1. The molecule has 19 heavy (non-hydrogen) atoms. The van der Waals surface area contributed by atoms with Gasteiger partial charge < -0.3 is 9.84 Å². The zero-order valence-electron chi connectivity index (χ0n) is 10.8. The largest absolute Gasteiger partial charge is 0.481 e. The average molecular weight is 276 g/mol. The van der Waals surface area contributed by atoms with E-state index in [-0.39, 0.29) is 6.42 Å². The fourth-order valence-electron chi connectivity index (χ4n) is 2.75. The van der Waals surface area contributed by atoms with Gasteiger partial charge in [0.2, 0.25) is 0 Å². The van der Waals surface area contributed by atoms with Crippen molar-refractivity contribution in [1.29, 1.82) is 0 Å². The zero-order chi connectivity index (χ0) is 13.5. The molecule has 4 heteroatoms. The molecular formula is C15H16O3S. The van der Waals surface area contributed by atoms with Crippen molar-refractivity contribution in [2.75, 3.05) is 6.61 Å². The van der Waals surface area contributed by atoms with Crippen LogP contribution in [0.1, 0.15) is 30.2 Å². The van der Waals surface area contributed by atoms with Crippen LogP contribution in [0.4, 0.5) is 0 Å². The Labute approximate surface area is 115 Å². The number of carboxylic acids is 1. The zero-order valence-corrected chi connectivity index (χ0v) is 11.6. The van der Waals surface area contributed by atoms with Gasteiger partial charge in [-0.2, -0.15) is 0 Å². The van der Waals surface area contributed by atoms with Gasteiger partial charge in [-0.15, -0.1) is 11.3 Å². The Morgan fingerprint density at radius 3 is 3.05 bits per heavy atom. The third-order valence-corrected chi connectivity index (χ3v) is 5.23. The molecule has 100 valence electrons. The molecule has 1 aliphatic heterocycles. The number of carbonyl (C=O) groups is 1. The molecule has 3 nitrogen and oxygen atoms in total. The predicted molar refractivity (Wildman–Crippen MR) is 75.7 cm³/mol. The second-order valence-corrected chi connectivity index (χ2v) is 6.18. The molecule has 0 spiro atoms. The van der Waals surface area contributed by atoms with E-state index < -0.39 is 11.6 Å².